The van der Waals surface area contributed by atoms with Gasteiger partial charge in [0.1, 0.15) is 11.6 Å². The lowest BCUT2D eigenvalue weighted by Gasteiger charge is -2.16. The molecule has 0 fully saturated rings. The van der Waals surface area contributed by atoms with Crippen LogP contribution in [0, 0.1) is 6.92 Å². The number of amides is 2. The van der Waals surface area contributed by atoms with Gasteiger partial charge in [0.2, 0.25) is 0 Å². The molecule has 2 aromatic carbocycles. The van der Waals surface area contributed by atoms with E-state index >= 15 is 0 Å². The summed E-state index contributed by atoms with van der Waals surface area (Å²) in [6.07, 6.45) is -0.716. The second kappa shape index (κ2) is 7.58. The van der Waals surface area contributed by atoms with E-state index < -0.39 is 6.10 Å². The summed E-state index contributed by atoms with van der Waals surface area (Å²) < 4.78 is 5.69. The number of nitrogens with one attached hydrogen (secondary N) is 1. The molecule has 0 saturated carbocycles. The van der Waals surface area contributed by atoms with Gasteiger partial charge in [-0.1, -0.05) is 29.8 Å². The number of hydrazone groups is 1. The van der Waals surface area contributed by atoms with Crippen molar-refractivity contribution in [3.8, 4) is 5.75 Å². The Kier molecular flexibility index (Phi) is 5.23. The summed E-state index contributed by atoms with van der Waals surface area (Å²) in [6, 6.07) is 14.2. The van der Waals surface area contributed by atoms with Crippen molar-refractivity contribution in [1.82, 2.24) is 5.32 Å². The Morgan fingerprint density at radius 1 is 1.27 bits per heavy atom. The Morgan fingerprint density at radius 2 is 2.00 bits per heavy atom. The first-order valence-electron chi connectivity index (χ1n) is 8.13. The molecule has 0 radical (unpaired) electrons. The Labute approximate surface area is 156 Å². The normalized spacial score (nSPS) is 14.8. The van der Waals surface area contributed by atoms with Gasteiger partial charge in [-0.2, -0.15) is 10.1 Å². The second-order valence-electron chi connectivity index (χ2n) is 5.92. The van der Waals surface area contributed by atoms with E-state index in [4.69, 9.17) is 16.3 Å². The van der Waals surface area contributed by atoms with Crippen molar-refractivity contribution < 1.29 is 14.3 Å². The van der Waals surface area contributed by atoms with Crippen LogP contribution in [0.2, 0.25) is 5.02 Å². The first kappa shape index (κ1) is 17.9. The molecule has 0 aromatic heterocycles. The van der Waals surface area contributed by atoms with E-state index in [2.05, 4.69) is 10.4 Å². The number of hydrogen-bond acceptors (Lipinski definition) is 4. The van der Waals surface area contributed by atoms with E-state index in [9.17, 15) is 9.59 Å². The molecule has 134 valence electrons. The smallest absolute Gasteiger partial charge is 0.266 e. The number of carbonyl (C=O) groups excluding carboxylic acids is 2. The standard InChI is InChI=1S/C19H18ClN3O3/c1-12-10-14(20)8-9-16(12)26-13(2)19(25)21-17-11-18(24)23(22-17)15-6-4-3-5-7-15/h3-10,13H,11H2,1-2H3,(H,21,22,25). The molecule has 3 rings (SSSR count). The third kappa shape index (κ3) is 4.03. The minimum Gasteiger partial charge on any atom is -0.481 e. The fraction of sp³-hybridized carbons (Fsp3) is 0.211. The second-order valence-corrected chi connectivity index (χ2v) is 6.36. The molecule has 1 N–H and O–H groups in total. The first-order chi connectivity index (χ1) is 12.4. The summed E-state index contributed by atoms with van der Waals surface area (Å²) in [6.45, 7) is 3.49. The summed E-state index contributed by atoms with van der Waals surface area (Å²) >= 11 is 5.92. The zero-order chi connectivity index (χ0) is 18.7. The summed E-state index contributed by atoms with van der Waals surface area (Å²) in [4.78, 5) is 24.5. The molecule has 0 spiro atoms. The van der Waals surface area contributed by atoms with Gasteiger partial charge < -0.3 is 10.1 Å². The van der Waals surface area contributed by atoms with E-state index in [-0.39, 0.29) is 18.2 Å². The van der Waals surface area contributed by atoms with Crippen LogP contribution in [0.1, 0.15) is 18.9 Å². The molecule has 0 saturated heterocycles. The zero-order valence-corrected chi connectivity index (χ0v) is 15.2. The molecule has 0 bridgehead atoms. The maximum Gasteiger partial charge on any atom is 0.266 e. The highest BCUT2D eigenvalue weighted by atomic mass is 35.5. The van der Waals surface area contributed by atoms with E-state index in [0.29, 0.717) is 22.3 Å². The van der Waals surface area contributed by atoms with Crippen LogP contribution in [-0.4, -0.2) is 23.8 Å². The van der Waals surface area contributed by atoms with Crippen LogP contribution in [0.15, 0.2) is 53.6 Å². The fourth-order valence-electron chi connectivity index (χ4n) is 2.50. The van der Waals surface area contributed by atoms with Gasteiger partial charge in [0.15, 0.2) is 6.10 Å². The van der Waals surface area contributed by atoms with E-state index in [1.807, 2.05) is 25.1 Å². The number of carbonyl (C=O) groups is 2. The van der Waals surface area contributed by atoms with Crippen LogP contribution in [-0.2, 0) is 9.59 Å². The molecule has 6 nitrogen and oxygen atoms in total. The highest BCUT2D eigenvalue weighted by Gasteiger charge is 2.27. The fourth-order valence-corrected chi connectivity index (χ4v) is 2.73. The molecule has 2 amide bonds. The van der Waals surface area contributed by atoms with E-state index in [1.165, 1.54) is 5.01 Å². The Balaban J connectivity index is 1.65. The van der Waals surface area contributed by atoms with Gasteiger partial charge in [0.05, 0.1) is 12.1 Å². The van der Waals surface area contributed by atoms with Crippen molar-refractivity contribution in [3.63, 3.8) is 0 Å². The molecule has 2 aromatic rings. The molecular weight excluding hydrogens is 354 g/mol. The van der Waals surface area contributed by atoms with Gasteiger partial charge in [-0.3, -0.25) is 9.59 Å². The number of rotatable bonds is 4. The number of ether oxygens (including phenoxy) is 1. The number of amidine groups is 1. The Morgan fingerprint density at radius 3 is 2.69 bits per heavy atom. The largest absolute Gasteiger partial charge is 0.481 e. The summed E-state index contributed by atoms with van der Waals surface area (Å²) in [7, 11) is 0. The lowest BCUT2D eigenvalue weighted by atomic mass is 10.2. The van der Waals surface area contributed by atoms with E-state index in [1.54, 1.807) is 37.3 Å². The van der Waals surface area contributed by atoms with Crippen molar-refractivity contribution in [2.45, 2.75) is 26.4 Å². The quantitative estimate of drug-likeness (QED) is 0.896. The molecule has 1 atom stereocenters. The lowest BCUT2D eigenvalue weighted by molar-refractivity contribution is -0.125. The molecule has 1 aliphatic rings. The van der Waals surface area contributed by atoms with Crippen molar-refractivity contribution in [2.75, 3.05) is 5.01 Å². The lowest BCUT2D eigenvalue weighted by Crippen LogP contribution is -2.39. The number of para-hydroxylation sites is 1. The zero-order valence-electron chi connectivity index (χ0n) is 14.4. The van der Waals surface area contributed by atoms with Crippen molar-refractivity contribution in [2.24, 2.45) is 5.10 Å². The maximum absolute atomic E-state index is 12.4. The van der Waals surface area contributed by atoms with Crippen LogP contribution in [0.4, 0.5) is 5.69 Å². The van der Waals surface area contributed by atoms with Crippen LogP contribution in [0.25, 0.3) is 0 Å². The van der Waals surface area contributed by atoms with Crippen LogP contribution < -0.4 is 15.1 Å². The number of anilines is 1. The molecule has 1 aliphatic heterocycles. The Bertz CT molecular complexity index is 868. The molecular formula is C19H18ClN3O3. The SMILES string of the molecule is Cc1cc(Cl)ccc1OC(C)C(=O)NC1=NN(c2ccccc2)C(=O)C1. The monoisotopic (exact) mass is 371 g/mol. The topological polar surface area (TPSA) is 71.0 Å². The maximum atomic E-state index is 12.4. The summed E-state index contributed by atoms with van der Waals surface area (Å²) in [5.74, 6) is 0.300. The van der Waals surface area contributed by atoms with Crippen LogP contribution >= 0.6 is 11.6 Å². The van der Waals surface area contributed by atoms with Gasteiger partial charge in [-0.05, 0) is 49.7 Å². The summed E-state index contributed by atoms with van der Waals surface area (Å²) in [5, 5.41) is 8.74. The third-order valence-corrected chi connectivity index (χ3v) is 4.09. The average Bonchev–Trinajstić information content (AvgIpc) is 2.98. The van der Waals surface area contributed by atoms with Crippen molar-refractivity contribution >= 4 is 34.9 Å². The van der Waals surface area contributed by atoms with Crippen molar-refractivity contribution in [1.29, 1.82) is 0 Å². The first-order valence-corrected chi connectivity index (χ1v) is 8.51. The van der Waals surface area contributed by atoms with Crippen LogP contribution in [0.5, 0.6) is 5.75 Å². The Hall–Kier alpha value is -2.86. The molecule has 1 heterocycles. The highest BCUT2D eigenvalue weighted by molar-refractivity contribution is 6.30. The third-order valence-electron chi connectivity index (χ3n) is 3.85. The molecule has 0 aliphatic carbocycles. The summed E-state index contributed by atoms with van der Waals surface area (Å²) in [5.41, 5.74) is 1.49. The molecule has 26 heavy (non-hydrogen) atoms. The van der Waals surface area contributed by atoms with Gasteiger partial charge in [0, 0.05) is 5.02 Å². The number of nitrogens with zero attached hydrogens (tertiary/aromatic N) is 2. The van der Waals surface area contributed by atoms with E-state index in [0.717, 1.165) is 5.56 Å². The molecule has 7 heteroatoms. The number of benzene rings is 2. The number of aryl methyl sites for hydroxylation is 1. The predicted octanol–water partition coefficient (Wildman–Crippen LogP) is 3.28. The van der Waals surface area contributed by atoms with Crippen molar-refractivity contribution in [3.05, 3.63) is 59.1 Å². The highest BCUT2D eigenvalue weighted by Crippen LogP contribution is 2.23. The number of hydrogen-bond donors (Lipinski definition) is 1. The van der Waals surface area contributed by atoms with Crippen LogP contribution in [0.3, 0.4) is 0 Å². The van der Waals surface area contributed by atoms with Gasteiger partial charge in [0.25, 0.3) is 11.8 Å². The van der Waals surface area contributed by atoms with Gasteiger partial charge in [-0.25, -0.2) is 0 Å². The van der Waals surface area contributed by atoms with Gasteiger partial charge >= 0.3 is 0 Å². The average molecular weight is 372 g/mol. The minimum atomic E-state index is -0.751. The number of halogens is 1. The van der Waals surface area contributed by atoms with Gasteiger partial charge in [-0.15, -0.1) is 0 Å². The predicted molar refractivity (Wildman–Crippen MR) is 100 cm³/mol. The minimum absolute atomic E-state index is 0.0350. The molecule has 1 unspecified atom stereocenters.